The highest BCUT2D eigenvalue weighted by atomic mass is 16.1. The molecule has 0 radical (unpaired) electrons. The maximum Gasteiger partial charge on any atom is 0.272 e. The van der Waals surface area contributed by atoms with Crippen LogP contribution in [0, 0.1) is 0 Å². The minimum Gasteiger partial charge on any atom is -0.397 e. The molecule has 0 bridgehead atoms. The van der Waals surface area contributed by atoms with Gasteiger partial charge in [0.15, 0.2) is 5.69 Å². The zero-order chi connectivity index (χ0) is 13.8. The monoisotopic (exact) mass is 256 g/mol. The van der Waals surface area contributed by atoms with Gasteiger partial charge in [0, 0.05) is 12.7 Å². The summed E-state index contributed by atoms with van der Waals surface area (Å²) in [6.45, 7) is 6.02. The van der Waals surface area contributed by atoms with Crippen molar-refractivity contribution in [1.82, 2.24) is 15.1 Å². The van der Waals surface area contributed by atoms with E-state index in [0.29, 0.717) is 17.9 Å². The standard InChI is InChI=1S/C14H16N4O/c1-10(2)9-16-14(19)12-7-8-18(17-12)13-6-4-3-5-11(13)15/h3-8H,1,9,15H2,2H3,(H,16,19). The fourth-order valence-electron chi connectivity index (χ4n) is 1.60. The van der Waals surface area contributed by atoms with Gasteiger partial charge in [0.1, 0.15) is 0 Å². The first-order chi connectivity index (χ1) is 9.08. The highest BCUT2D eigenvalue weighted by Crippen LogP contribution is 2.15. The molecule has 1 aromatic carbocycles. The number of carbonyl (C=O) groups is 1. The summed E-state index contributed by atoms with van der Waals surface area (Å²) in [6, 6.07) is 9.01. The summed E-state index contributed by atoms with van der Waals surface area (Å²) < 4.78 is 1.59. The van der Waals surface area contributed by atoms with E-state index >= 15 is 0 Å². The summed E-state index contributed by atoms with van der Waals surface area (Å²) in [6.07, 6.45) is 1.71. The minimum absolute atomic E-state index is 0.226. The van der Waals surface area contributed by atoms with Gasteiger partial charge in [-0.05, 0) is 25.1 Å². The number of hydrogen-bond acceptors (Lipinski definition) is 3. The van der Waals surface area contributed by atoms with E-state index in [1.807, 2.05) is 25.1 Å². The number of nitrogens with one attached hydrogen (secondary N) is 1. The average Bonchev–Trinajstić information content (AvgIpc) is 2.86. The predicted molar refractivity (Wildman–Crippen MR) is 75.1 cm³/mol. The maximum atomic E-state index is 11.8. The molecule has 98 valence electrons. The molecule has 0 saturated carbocycles. The van der Waals surface area contributed by atoms with Crippen molar-refractivity contribution in [3.8, 4) is 5.69 Å². The van der Waals surface area contributed by atoms with Gasteiger partial charge in [-0.2, -0.15) is 5.10 Å². The molecule has 0 fully saturated rings. The molecule has 1 amide bonds. The Balaban J connectivity index is 2.18. The first-order valence-electron chi connectivity index (χ1n) is 5.91. The zero-order valence-electron chi connectivity index (χ0n) is 10.8. The maximum absolute atomic E-state index is 11.8. The molecule has 5 nitrogen and oxygen atoms in total. The van der Waals surface area contributed by atoms with Gasteiger partial charge in [-0.25, -0.2) is 4.68 Å². The van der Waals surface area contributed by atoms with Crippen molar-refractivity contribution in [2.75, 3.05) is 12.3 Å². The number of nitrogens with two attached hydrogens (primary N) is 1. The molecule has 2 aromatic rings. The Kier molecular flexibility index (Phi) is 3.66. The number of para-hydroxylation sites is 2. The third kappa shape index (κ3) is 3.01. The lowest BCUT2D eigenvalue weighted by Gasteiger charge is -2.05. The van der Waals surface area contributed by atoms with Crippen LogP contribution in [0.5, 0.6) is 0 Å². The van der Waals surface area contributed by atoms with Crippen molar-refractivity contribution in [1.29, 1.82) is 0 Å². The number of nitrogens with zero attached hydrogens (tertiary/aromatic N) is 2. The van der Waals surface area contributed by atoms with Gasteiger partial charge in [-0.1, -0.05) is 24.3 Å². The average molecular weight is 256 g/mol. The third-order valence-electron chi connectivity index (χ3n) is 2.56. The third-order valence-corrected chi connectivity index (χ3v) is 2.56. The second-order valence-electron chi connectivity index (χ2n) is 4.34. The number of rotatable bonds is 4. The van der Waals surface area contributed by atoms with Crippen molar-refractivity contribution in [3.63, 3.8) is 0 Å². The summed E-state index contributed by atoms with van der Waals surface area (Å²) in [5, 5.41) is 6.95. The van der Waals surface area contributed by atoms with Crippen LogP contribution >= 0.6 is 0 Å². The number of amides is 1. The molecule has 1 aromatic heterocycles. The zero-order valence-corrected chi connectivity index (χ0v) is 10.8. The number of hydrogen-bond donors (Lipinski definition) is 2. The molecule has 0 spiro atoms. The van der Waals surface area contributed by atoms with E-state index in [1.54, 1.807) is 23.0 Å². The number of anilines is 1. The van der Waals surface area contributed by atoms with Gasteiger partial charge in [0.25, 0.3) is 5.91 Å². The van der Waals surface area contributed by atoms with Gasteiger partial charge in [0.2, 0.25) is 0 Å². The van der Waals surface area contributed by atoms with Crippen LogP contribution in [0.15, 0.2) is 48.7 Å². The van der Waals surface area contributed by atoms with Crippen molar-refractivity contribution >= 4 is 11.6 Å². The fourth-order valence-corrected chi connectivity index (χ4v) is 1.60. The van der Waals surface area contributed by atoms with Gasteiger partial charge >= 0.3 is 0 Å². The smallest absolute Gasteiger partial charge is 0.272 e. The van der Waals surface area contributed by atoms with Crippen molar-refractivity contribution < 1.29 is 4.79 Å². The van der Waals surface area contributed by atoms with Crippen molar-refractivity contribution in [2.45, 2.75) is 6.92 Å². The number of nitrogen functional groups attached to an aromatic ring is 1. The summed E-state index contributed by atoms with van der Waals surface area (Å²) in [5.74, 6) is -0.226. The highest BCUT2D eigenvalue weighted by molar-refractivity contribution is 5.92. The van der Waals surface area contributed by atoms with Crippen LogP contribution in [0.2, 0.25) is 0 Å². The van der Waals surface area contributed by atoms with Crippen LogP contribution in [0.1, 0.15) is 17.4 Å². The number of aromatic nitrogens is 2. The molecular weight excluding hydrogens is 240 g/mol. The summed E-state index contributed by atoms with van der Waals surface area (Å²) in [4.78, 5) is 11.8. The van der Waals surface area contributed by atoms with Gasteiger partial charge in [0.05, 0.1) is 11.4 Å². The molecule has 19 heavy (non-hydrogen) atoms. The topological polar surface area (TPSA) is 72.9 Å². The quantitative estimate of drug-likeness (QED) is 0.646. The lowest BCUT2D eigenvalue weighted by atomic mass is 10.3. The van der Waals surface area contributed by atoms with Crippen LogP contribution < -0.4 is 11.1 Å². The molecule has 3 N–H and O–H groups in total. The fraction of sp³-hybridized carbons (Fsp3) is 0.143. The van der Waals surface area contributed by atoms with Crippen LogP contribution in [-0.2, 0) is 0 Å². The second kappa shape index (κ2) is 5.39. The van der Waals surface area contributed by atoms with E-state index in [1.165, 1.54) is 0 Å². The lowest BCUT2D eigenvalue weighted by Crippen LogP contribution is -2.25. The van der Waals surface area contributed by atoms with E-state index in [2.05, 4.69) is 17.0 Å². The number of carbonyl (C=O) groups excluding carboxylic acids is 1. The molecule has 0 aliphatic heterocycles. The molecule has 0 aliphatic rings. The molecular formula is C14H16N4O. The van der Waals surface area contributed by atoms with Gasteiger partial charge in [-0.15, -0.1) is 0 Å². The SMILES string of the molecule is C=C(C)CNC(=O)c1ccn(-c2ccccc2N)n1. The Bertz CT molecular complexity index is 615. The first kappa shape index (κ1) is 12.9. The Labute approximate surface area is 111 Å². The van der Waals surface area contributed by atoms with Crippen molar-refractivity contribution in [3.05, 3.63) is 54.4 Å². The second-order valence-corrected chi connectivity index (χ2v) is 4.34. The Morgan fingerprint density at radius 3 is 2.84 bits per heavy atom. The summed E-state index contributed by atoms with van der Waals surface area (Å²) in [5.41, 5.74) is 8.47. The molecule has 0 unspecified atom stereocenters. The van der Waals surface area contributed by atoms with Crippen LogP contribution in [-0.4, -0.2) is 22.2 Å². The summed E-state index contributed by atoms with van der Waals surface area (Å²) >= 11 is 0. The van der Waals surface area contributed by atoms with Crippen molar-refractivity contribution in [2.24, 2.45) is 0 Å². The molecule has 0 atom stereocenters. The van der Waals surface area contributed by atoms with Crippen LogP contribution in [0.25, 0.3) is 5.69 Å². The van der Waals surface area contributed by atoms with E-state index in [4.69, 9.17) is 5.73 Å². The molecule has 5 heteroatoms. The Morgan fingerprint density at radius 1 is 1.42 bits per heavy atom. The largest absolute Gasteiger partial charge is 0.397 e. The van der Waals surface area contributed by atoms with Gasteiger partial charge < -0.3 is 11.1 Å². The lowest BCUT2D eigenvalue weighted by molar-refractivity contribution is 0.0951. The van der Waals surface area contributed by atoms with Crippen LogP contribution in [0.4, 0.5) is 5.69 Å². The number of benzene rings is 1. The normalized spacial score (nSPS) is 10.2. The van der Waals surface area contributed by atoms with Gasteiger partial charge in [-0.3, -0.25) is 4.79 Å². The molecule has 2 rings (SSSR count). The van der Waals surface area contributed by atoms with E-state index in [-0.39, 0.29) is 5.91 Å². The van der Waals surface area contributed by atoms with Crippen LogP contribution in [0.3, 0.4) is 0 Å². The minimum atomic E-state index is -0.226. The first-order valence-corrected chi connectivity index (χ1v) is 5.91. The molecule has 0 aliphatic carbocycles. The Morgan fingerprint density at radius 2 is 2.16 bits per heavy atom. The molecule has 1 heterocycles. The van der Waals surface area contributed by atoms with E-state index < -0.39 is 0 Å². The Hall–Kier alpha value is -2.56. The summed E-state index contributed by atoms with van der Waals surface area (Å²) in [7, 11) is 0. The van der Waals surface area contributed by atoms with E-state index in [9.17, 15) is 4.79 Å². The predicted octanol–water partition coefficient (Wildman–Crippen LogP) is 1.76. The highest BCUT2D eigenvalue weighted by Gasteiger charge is 2.10. The van der Waals surface area contributed by atoms with E-state index in [0.717, 1.165) is 11.3 Å². The molecule has 0 saturated heterocycles.